The smallest absolute Gasteiger partial charge is 0.191 e. The summed E-state index contributed by atoms with van der Waals surface area (Å²) in [6, 6.07) is 20.7. The second kappa shape index (κ2) is 10.1. The van der Waals surface area contributed by atoms with Gasteiger partial charge in [0.25, 0.3) is 0 Å². The van der Waals surface area contributed by atoms with E-state index in [1.165, 1.54) is 29.0 Å². The summed E-state index contributed by atoms with van der Waals surface area (Å²) < 4.78 is 16.4. The highest BCUT2D eigenvalue weighted by molar-refractivity contribution is 7.99. The number of hydrogen-bond acceptors (Lipinski definition) is 4. The number of aryl methyl sites for hydroxylation is 4. The maximum absolute atomic E-state index is 14.5. The van der Waals surface area contributed by atoms with Gasteiger partial charge in [-0.2, -0.15) is 0 Å². The minimum absolute atomic E-state index is 0.0469. The minimum Gasteiger partial charge on any atom is -0.302 e. The van der Waals surface area contributed by atoms with Crippen LogP contribution in [0.5, 0.6) is 0 Å². The van der Waals surface area contributed by atoms with E-state index >= 15 is 0 Å². The van der Waals surface area contributed by atoms with E-state index in [0.29, 0.717) is 23.1 Å². The highest BCUT2D eigenvalue weighted by Gasteiger charge is 2.19. The van der Waals surface area contributed by atoms with Gasteiger partial charge >= 0.3 is 0 Å². The summed E-state index contributed by atoms with van der Waals surface area (Å²) in [5.41, 5.74) is 5.55. The lowest BCUT2D eigenvalue weighted by atomic mass is 9.99. The third-order valence-electron chi connectivity index (χ3n) is 5.77. The van der Waals surface area contributed by atoms with Crippen molar-refractivity contribution in [3.63, 3.8) is 0 Å². The Bertz CT molecular complexity index is 1280. The lowest BCUT2D eigenvalue weighted by Gasteiger charge is -2.12. The molecule has 4 aromatic rings. The van der Waals surface area contributed by atoms with Gasteiger partial charge in [0, 0.05) is 12.1 Å². The number of Topliss-reactive ketones (excluding diaryl/α,β-unsaturated/α-hetero) is 1. The van der Waals surface area contributed by atoms with Gasteiger partial charge in [0.2, 0.25) is 0 Å². The standard InChI is InChI=1S/C27H26FN3OS/c1-18-15-20(3)23(16-19(18)2)25(32)17-33-27-30-29-26(22-11-7-8-12-24(22)28)31(27)14-13-21-9-5-4-6-10-21/h4-12,15-16H,13-14,17H2,1-3H3. The molecular formula is C27H26FN3OS. The molecule has 168 valence electrons. The van der Waals surface area contributed by atoms with Crippen molar-refractivity contribution in [2.75, 3.05) is 5.75 Å². The number of rotatable bonds is 8. The number of benzene rings is 3. The van der Waals surface area contributed by atoms with Gasteiger partial charge in [-0.1, -0.05) is 60.3 Å². The Labute approximate surface area is 197 Å². The van der Waals surface area contributed by atoms with Crippen molar-refractivity contribution in [1.82, 2.24) is 14.8 Å². The van der Waals surface area contributed by atoms with Crippen molar-refractivity contribution in [2.24, 2.45) is 0 Å². The molecular weight excluding hydrogens is 433 g/mol. The molecule has 6 heteroatoms. The Balaban J connectivity index is 1.60. The molecule has 3 aromatic carbocycles. The van der Waals surface area contributed by atoms with Crippen LogP contribution in [-0.4, -0.2) is 26.3 Å². The van der Waals surface area contributed by atoms with E-state index < -0.39 is 0 Å². The fraction of sp³-hybridized carbons (Fsp3) is 0.222. The van der Waals surface area contributed by atoms with E-state index in [9.17, 15) is 9.18 Å². The largest absolute Gasteiger partial charge is 0.302 e. The fourth-order valence-corrected chi connectivity index (χ4v) is 4.64. The lowest BCUT2D eigenvalue weighted by Crippen LogP contribution is -2.09. The molecule has 0 saturated heterocycles. The summed E-state index contributed by atoms with van der Waals surface area (Å²) in [6.07, 6.45) is 0.748. The van der Waals surface area contributed by atoms with Crippen LogP contribution < -0.4 is 0 Å². The van der Waals surface area contributed by atoms with Crippen molar-refractivity contribution < 1.29 is 9.18 Å². The number of nitrogens with zero attached hydrogens (tertiary/aromatic N) is 3. The summed E-state index contributed by atoms with van der Waals surface area (Å²) in [7, 11) is 0. The molecule has 0 radical (unpaired) electrons. The molecule has 0 atom stereocenters. The Morgan fingerprint density at radius 3 is 2.36 bits per heavy atom. The van der Waals surface area contributed by atoms with Gasteiger partial charge < -0.3 is 4.57 Å². The van der Waals surface area contributed by atoms with Crippen LogP contribution in [0.2, 0.25) is 0 Å². The third-order valence-corrected chi connectivity index (χ3v) is 6.74. The first-order valence-electron chi connectivity index (χ1n) is 10.9. The Hall–Kier alpha value is -3.25. The monoisotopic (exact) mass is 459 g/mol. The molecule has 0 aliphatic carbocycles. The van der Waals surface area contributed by atoms with Crippen LogP contribution in [0.1, 0.15) is 32.6 Å². The molecule has 0 aliphatic rings. The zero-order valence-electron chi connectivity index (χ0n) is 19.0. The van der Waals surface area contributed by atoms with Crippen molar-refractivity contribution in [3.8, 4) is 11.4 Å². The van der Waals surface area contributed by atoms with Gasteiger partial charge in [-0.25, -0.2) is 4.39 Å². The van der Waals surface area contributed by atoms with Crippen molar-refractivity contribution in [1.29, 1.82) is 0 Å². The van der Waals surface area contributed by atoms with Crippen LogP contribution in [0.4, 0.5) is 4.39 Å². The van der Waals surface area contributed by atoms with E-state index in [2.05, 4.69) is 22.3 Å². The quantitative estimate of drug-likeness (QED) is 0.232. The summed E-state index contributed by atoms with van der Waals surface area (Å²) in [6.45, 7) is 6.60. The van der Waals surface area contributed by atoms with E-state index in [0.717, 1.165) is 23.1 Å². The molecule has 4 rings (SSSR count). The first-order chi connectivity index (χ1) is 15.9. The average molecular weight is 460 g/mol. The number of halogens is 1. The normalized spacial score (nSPS) is 11.0. The molecule has 0 saturated carbocycles. The van der Waals surface area contributed by atoms with Crippen LogP contribution in [0.15, 0.2) is 71.9 Å². The molecule has 0 unspecified atom stereocenters. The Morgan fingerprint density at radius 2 is 1.61 bits per heavy atom. The van der Waals surface area contributed by atoms with Gasteiger partial charge in [-0.05, 0) is 67.6 Å². The van der Waals surface area contributed by atoms with E-state index in [4.69, 9.17) is 0 Å². The third kappa shape index (κ3) is 5.22. The number of ketones is 1. The second-order valence-corrected chi connectivity index (χ2v) is 9.08. The molecule has 1 aromatic heterocycles. The summed E-state index contributed by atoms with van der Waals surface area (Å²) in [5, 5.41) is 9.23. The number of aromatic nitrogens is 3. The van der Waals surface area contributed by atoms with Crippen molar-refractivity contribution in [3.05, 3.63) is 100 Å². The van der Waals surface area contributed by atoms with E-state index in [1.54, 1.807) is 18.2 Å². The fourth-order valence-electron chi connectivity index (χ4n) is 3.79. The van der Waals surface area contributed by atoms with Crippen LogP contribution in [-0.2, 0) is 13.0 Å². The van der Waals surface area contributed by atoms with Crippen LogP contribution >= 0.6 is 11.8 Å². The Kier molecular flexibility index (Phi) is 7.04. The van der Waals surface area contributed by atoms with Gasteiger partial charge in [0.1, 0.15) is 5.82 Å². The molecule has 0 amide bonds. The zero-order chi connectivity index (χ0) is 23.4. The average Bonchev–Trinajstić information content (AvgIpc) is 3.22. The molecule has 0 bridgehead atoms. The van der Waals surface area contributed by atoms with E-state index in [1.807, 2.05) is 55.7 Å². The van der Waals surface area contributed by atoms with Crippen LogP contribution in [0, 0.1) is 26.6 Å². The Morgan fingerprint density at radius 1 is 0.909 bits per heavy atom. The molecule has 33 heavy (non-hydrogen) atoms. The van der Waals surface area contributed by atoms with E-state index in [-0.39, 0.29) is 17.4 Å². The van der Waals surface area contributed by atoms with Gasteiger partial charge in [-0.15, -0.1) is 10.2 Å². The molecule has 1 heterocycles. The first-order valence-corrected chi connectivity index (χ1v) is 11.9. The van der Waals surface area contributed by atoms with Crippen molar-refractivity contribution >= 4 is 17.5 Å². The molecule has 0 fully saturated rings. The predicted octanol–water partition coefficient (Wildman–Crippen LogP) is 6.23. The maximum atomic E-state index is 14.5. The first kappa shape index (κ1) is 22.9. The SMILES string of the molecule is Cc1cc(C)c(C(=O)CSc2nnc(-c3ccccc3F)n2CCc2ccccc2)cc1C. The number of carbonyl (C=O) groups excluding carboxylic acids is 1. The lowest BCUT2D eigenvalue weighted by molar-refractivity contribution is 0.102. The zero-order valence-corrected chi connectivity index (χ0v) is 19.8. The summed E-state index contributed by atoms with van der Waals surface area (Å²) in [4.78, 5) is 13.0. The molecule has 0 spiro atoms. The molecule has 4 nitrogen and oxygen atoms in total. The van der Waals surface area contributed by atoms with Crippen LogP contribution in [0.25, 0.3) is 11.4 Å². The topological polar surface area (TPSA) is 47.8 Å². The molecule has 0 aliphatic heterocycles. The molecule has 0 N–H and O–H groups in total. The maximum Gasteiger partial charge on any atom is 0.191 e. The van der Waals surface area contributed by atoms with Gasteiger partial charge in [-0.3, -0.25) is 4.79 Å². The number of thioether (sulfide) groups is 1. The van der Waals surface area contributed by atoms with Gasteiger partial charge in [0.15, 0.2) is 16.8 Å². The summed E-state index contributed by atoms with van der Waals surface area (Å²) >= 11 is 1.34. The predicted molar refractivity (Wildman–Crippen MR) is 131 cm³/mol. The van der Waals surface area contributed by atoms with Crippen molar-refractivity contribution in [2.45, 2.75) is 38.9 Å². The highest BCUT2D eigenvalue weighted by atomic mass is 32.2. The minimum atomic E-state index is -0.343. The second-order valence-electron chi connectivity index (χ2n) is 8.14. The summed E-state index contributed by atoms with van der Waals surface area (Å²) in [5.74, 6) is 0.417. The number of hydrogen-bond donors (Lipinski definition) is 0. The van der Waals surface area contributed by atoms with Crippen LogP contribution in [0.3, 0.4) is 0 Å². The highest BCUT2D eigenvalue weighted by Crippen LogP contribution is 2.27. The van der Waals surface area contributed by atoms with Gasteiger partial charge in [0.05, 0.1) is 11.3 Å². The number of carbonyl (C=O) groups is 1.